The molecule has 0 spiro atoms. The number of piperidine rings is 1. The fraction of sp³-hybridized carbons (Fsp3) is 0.484. The summed E-state index contributed by atoms with van der Waals surface area (Å²) in [5.41, 5.74) is 4.25. The lowest BCUT2D eigenvalue weighted by molar-refractivity contribution is -0.129. The van der Waals surface area contributed by atoms with Gasteiger partial charge in [-0.25, -0.2) is 13.4 Å². The van der Waals surface area contributed by atoms with Crippen LogP contribution in [0.25, 0.3) is 11.3 Å². The van der Waals surface area contributed by atoms with Crippen LogP contribution in [0.2, 0.25) is 0 Å². The second kappa shape index (κ2) is 10.7. The molecule has 0 saturated carbocycles. The maximum Gasteiger partial charge on any atom is 0.238 e. The second-order valence-electron chi connectivity index (χ2n) is 12.7. The molecule has 0 bridgehead atoms. The molecule has 39 heavy (non-hydrogen) atoms. The Morgan fingerprint density at radius 1 is 1.00 bits per heavy atom. The lowest BCUT2D eigenvalue weighted by Crippen LogP contribution is -2.41. The largest absolute Gasteiger partial charge is 0.507 e. The van der Waals surface area contributed by atoms with Gasteiger partial charge in [-0.1, -0.05) is 59.2 Å². The van der Waals surface area contributed by atoms with Crippen molar-refractivity contribution in [1.82, 2.24) is 9.88 Å². The number of aromatic hydroxyl groups is 1. The first-order valence-electron chi connectivity index (χ1n) is 13.5. The smallest absolute Gasteiger partial charge is 0.238 e. The molecular formula is C31H40N2O4S2. The molecule has 6 nitrogen and oxygen atoms in total. The van der Waals surface area contributed by atoms with Crippen LogP contribution in [0.1, 0.15) is 82.0 Å². The number of aryl methyl sites for hydroxylation is 1. The molecule has 0 radical (unpaired) electrons. The van der Waals surface area contributed by atoms with Gasteiger partial charge >= 0.3 is 0 Å². The SMILES string of the molecule is Cc1ccc(S(=O)(=O)CC(=O)N2CCC(c3nc(-c4cc(C(C)(C)C)c(O)c(C(C)(C)C)c4)cs3)CC2)cc1. The third-order valence-electron chi connectivity index (χ3n) is 7.43. The van der Waals surface area contributed by atoms with E-state index >= 15 is 0 Å². The average molecular weight is 569 g/mol. The van der Waals surface area contributed by atoms with Crippen LogP contribution in [-0.2, 0) is 25.5 Å². The van der Waals surface area contributed by atoms with Crippen LogP contribution in [0, 0.1) is 6.92 Å². The number of phenolic OH excluding ortho intramolecular Hbond substituents is 1. The quantitative estimate of drug-likeness (QED) is 0.375. The molecule has 0 aliphatic carbocycles. The molecule has 0 atom stereocenters. The number of carbonyl (C=O) groups is 1. The Balaban J connectivity index is 1.47. The first-order chi connectivity index (χ1) is 18.1. The number of nitrogens with zero attached hydrogens (tertiary/aromatic N) is 2. The zero-order valence-electron chi connectivity index (χ0n) is 24.0. The summed E-state index contributed by atoms with van der Waals surface area (Å²) < 4.78 is 25.5. The number of rotatable bonds is 5. The monoisotopic (exact) mass is 568 g/mol. The molecule has 1 aliphatic rings. The number of sulfone groups is 1. The van der Waals surface area contributed by atoms with E-state index in [1.807, 2.05) is 6.92 Å². The summed E-state index contributed by atoms with van der Waals surface area (Å²) >= 11 is 1.63. The van der Waals surface area contributed by atoms with Gasteiger partial charge in [0.15, 0.2) is 9.84 Å². The van der Waals surface area contributed by atoms with Crippen molar-refractivity contribution in [3.05, 3.63) is 63.5 Å². The zero-order chi connectivity index (χ0) is 28.8. The highest BCUT2D eigenvalue weighted by Crippen LogP contribution is 2.42. The van der Waals surface area contributed by atoms with Crippen molar-refractivity contribution in [3.63, 3.8) is 0 Å². The Morgan fingerprint density at radius 2 is 1.54 bits per heavy atom. The van der Waals surface area contributed by atoms with Crippen LogP contribution in [0.4, 0.5) is 0 Å². The van der Waals surface area contributed by atoms with Gasteiger partial charge in [0.1, 0.15) is 11.5 Å². The molecule has 2 heterocycles. The van der Waals surface area contributed by atoms with Crippen LogP contribution in [0.3, 0.4) is 0 Å². The predicted octanol–water partition coefficient (Wildman–Crippen LogP) is 6.60. The van der Waals surface area contributed by atoms with Crippen molar-refractivity contribution < 1.29 is 18.3 Å². The topological polar surface area (TPSA) is 87.6 Å². The summed E-state index contributed by atoms with van der Waals surface area (Å²) in [5.74, 6) is -0.268. The van der Waals surface area contributed by atoms with Gasteiger partial charge in [0.05, 0.1) is 15.6 Å². The first-order valence-corrected chi connectivity index (χ1v) is 16.0. The van der Waals surface area contributed by atoms with Crippen LogP contribution in [-0.4, -0.2) is 48.2 Å². The Labute approximate surface area is 237 Å². The maximum absolute atomic E-state index is 12.9. The Kier molecular flexibility index (Phi) is 8.03. The van der Waals surface area contributed by atoms with E-state index in [4.69, 9.17) is 4.98 Å². The molecule has 1 saturated heterocycles. The normalized spacial score (nSPS) is 15.5. The first kappa shape index (κ1) is 29.3. The minimum absolute atomic E-state index is 0.185. The lowest BCUT2D eigenvalue weighted by atomic mass is 9.78. The number of likely N-dealkylation sites (tertiary alicyclic amines) is 1. The fourth-order valence-electron chi connectivity index (χ4n) is 4.99. The van der Waals surface area contributed by atoms with Crippen molar-refractivity contribution in [2.24, 2.45) is 0 Å². The maximum atomic E-state index is 12.9. The summed E-state index contributed by atoms with van der Waals surface area (Å²) in [7, 11) is -3.67. The van der Waals surface area contributed by atoms with E-state index in [0.29, 0.717) is 18.8 Å². The third-order valence-corrected chi connectivity index (χ3v) is 10.1. The Bertz CT molecular complexity index is 1420. The van der Waals surface area contributed by atoms with E-state index in [0.717, 1.165) is 45.8 Å². The molecule has 3 aromatic rings. The number of thiazole rings is 1. The predicted molar refractivity (Wildman–Crippen MR) is 158 cm³/mol. The van der Waals surface area contributed by atoms with Crippen LogP contribution < -0.4 is 0 Å². The number of hydrogen-bond donors (Lipinski definition) is 1. The molecule has 2 aromatic carbocycles. The van der Waals surface area contributed by atoms with Gasteiger partial charge in [0.2, 0.25) is 5.91 Å². The molecule has 210 valence electrons. The van der Waals surface area contributed by atoms with E-state index < -0.39 is 15.6 Å². The minimum atomic E-state index is -3.67. The average Bonchev–Trinajstić information content (AvgIpc) is 3.33. The summed E-state index contributed by atoms with van der Waals surface area (Å²) in [6.45, 7) is 15.5. The van der Waals surface area contributed by atoms with Crippen LogP contribution in [0.5, 0.6) is 5.75 Å². The van der Waals surface area contributed by atoms with Crippen LogP contribution >= 0.6 is 11.3 Å². The Hall–Kier alpha value is -2.71. The number of amides is 1. The third kappa shape index (κ3) is 6.55. The number of aromatic nitrogens is 1. The highest BCUT2D eigenvalue weighted by molar-refractivity contribution is 7.92. The highest BCUT2D eigenvalue weighted by Gasteiger charge is 2.30. The molecule has 8 heteroatoms. The number of benzene rings is 2. The molecular weight excluding hydrogens is 528 g/mol. The molecule has 1 aliphatic heterocycles. The number of hydrogen-bond acceptors (Lipinski definition) is 6. The van der Waals surface area contributed by atoms with E-state index in [1.165, 1.54) is 0 Å². The van der Waals surface area contributed by atoms with Crippen molar-refractivity contribution in [3.8, 4) is 17.0 Å². The van der Waals surface area contributed by atoms with Gasteiger partial charge in [-0.2, -0.15) is 0 Å². The number of phenols is 1. The lowest BCUT2D eigenvalue weighted by Gasteiger charge is -2.31. The second-order valence-corrected chi connectivity index (χ2v) is 15.6. The molecule has 1 aromatic heterocycles. The molecule has 4 rings (SSSR count). The Morgan fingerprint density at radius 3 is 2.05 bits per heavy atom. The van der Waals surface area contributed by atoms with Crippen molar-refractivity contribution in [2.75, 3.05) is 18.8 Å². The zero-order valence-corrected chi connectivity index (χ0v) is 25.7. The highest BCUT2D eigenvalue weighted by atomic mass is 32.2. The molecule has 1 amide bonds. The van der Waals surface area contributed by atoms with Crippen molar-refractivity contribution in [2.45, 2.75) is 83.0 Å². The van der Waals surface area contributed by atoms with Gasteiger partial charge in [-0.3, -0.25) is 4.79 Å². The van der Waals surface area contributed by atoms with Gasteiger partial charge in [0.25, 0.3) is 0 Å². The van der Waals surface area contributed by atoms with Crippen molar-refractivity contribution in [1.29, 1.82) is 0 Å². The van der Waals surface area contributed by atoms with Gasteiger partial charge < -0.3 is 10.0 Å². The van der Waals surface area contributed by atoms with Gasteiger partial charge in [0, 0.05) is 41.1 Å². The van der Waals surface area contributed by atoms with Crippen molar-refractivity contribution >= 4 is 27.1 Å². The van der Waals surface area contributed by atoms with E-state index in [1.54, 1.807) is 40.5 Å². The molecule has 1 fully saturated rings. The number of carbonyl (C=O) groups excluding carboxylic acids is 1. The van der Waals surface area contributed by atoms with Gasteiger partial charge in [-0.15, -0.1) is 11.3 Å². The van der Waals surface area contributed by atoms with E-state index in [2.05, 4.69) is 59.1 Å². The molecule has 1 N–H and O–H groups in total. The summed E-state index contributed by atoms with van der Waals surface area (Å²) in [4.78, 5) is 19.7. The van der Waals surface area contributed by atoms with Gasteiger partial charge in [-0.05, 0) is 54.9 Å². The van der Waals surface area contributed by atoms with Crippen LogP contribution in [0.15, 0.2) is 46.7 Å². The van der Waals surface area contributed by atoms with E-state index in [-0.39, 0.29) is 27.6 Å². The van der Waals surface area contributed by atoms with E-state index in [9.17, 15) is 18.3 Å². The minimum Gasteiger partial charge on any atom is -0.507 e. The summed E-state index contributed by atoms with van der Waals surface area (Å²) in [6, 6.07) is 10.7. The molecule has 0 unspecified atom stereocenters. The summed E-state index contributed by atoms with van der Waals surface area (Å²) in [5, 5.41) is 14.2. The summed E-state index contributed by atoms with van der Waals surface area (Å²) in [6.07, 6.45) is 1.50. The fourth-order valence-corrected chi connectivity index (χ4v) is 7.22. The standard InChI is InChI=1S/C31H40N2O4S2/c1-20-8-10-23(11-9-20)39(36,37)19-27(34)33-14-12-21(13-15-33)29-32-26(18-38-29)22-16-24(30(2,3)4)28(35)25(17-22)31(5,6)7/h8-11,16-18,21,35H,12-15,19H2,1-7H3.